The first kappa shape index (κ1) is 15.3. The van der Waals surface area contributed by atoms with Crippen LogP contribution in [0.1, 0.15) is 42.2 Å². The Hall–Kier alpha value is -2.05. The highest BCUT2D eigenvalue weighted by Crippen LogP contribution is 2.34. The van der Waals surface area contributed by atoms with Crippen molar-refractivity contribution in [2.75, 3.05) is 0 Å². The van der Waals surface area contributed by atoms with Gasteiger partial charge in [0.15, 0.2) is 5.78 Å². The lowest BCUT2D eigenvalue weighted by Gasteiger charge is -2.16. The SMILES string of the molecule is CC(C)Oc1ccc2c(c1)C(NC(=O)C(F)(F)F)CC2=O. The fourth-order valence-corrected chi connectivity index (χ4v) is 2.20. The fraction of sp³-hybridized carbons (Fsp3) is 0.429. The molecule has 1 unspecified atom stereocenters. The van der Waals surface area contributed by atoms with Crippen LogP contribution >= 0.6 is 0 Å². The van der Waals surface area contributed by atoms with Gasteiger partial charge in [-0.3, -0.25) is 9.59 Å². The van der Waals surface area contributed by atoms with Crippen molar-refractivity contribution in [3.63, 3.8) is 0 Å². The summed E-state index contributed by atoms with van der Waals surface area (Å²) in [6, 6.07) is 3.62. The molecule has 1 N–H and O–H groups in total. The first-order valence-electron chi connectivity index (χ1n) is 6.40. The minimum atomic E-state index is -4.97. The Bertz CT molecular complexity index is 581. The number of ketones is 1. The molecule has 0 bridgehead atoms. The van der Waals surface area contributed by atoms with Crippen molar-refractivity contribution < 1.29 is 27.5 Å². The van der Waals surface area contributed by atoms with E-state index in [1.165, 1.54) is 12.1 Å². The third-order valence-electron chi connectivity index (χ3n) is 3.02. The number of carbonyl (C=O) groups excluding carboxylic acids is 2. The molecule has 0 saturated carbocycles. The number of carbonyl (C=O) groups is 2. The summed E-state index contributed by atoms with van der Waals surface area (Å²) in [5, 5.41) is 1.85. The fourth-order valence-electron chi connectivity index (χ4n) is 2.20. The molecule has 1 amide bonds. The van der Waals surface area contributed by atoms with Gasteiger partial charge in [0.1, 0.15) is 5.75 Å². The molecular formula is C14H14F3NO3. The third-order valence-corrected chi connectivity index (χ3v) is 3.02. The molecule has 0 aromatic heterocycles. The molecule has 0 heterocycles. The highest BCUT2D eigenvalue weighted by molar-refractivity contribution is 6.02. The average Bonchev–Trinajstić information content (AvgIpc) is 2.64. The monoisotopic (exact) mass is 301 g/mol. The van der Waals surface area contributed by atoms with Crippen molar-refractivity contribution in [1.29, 1.82) is 0 Å². The topological polar surface area (TPSA) is 55.4 Å². The van der Waals surface area contributed by atoms with E-state index in [-0.39, 0.29) is 18.3 Å². The van der Waals surface area contributed by atoms with Crippen LogP contribution in [0.3, 0.4) is 0 Å². The zero-order valence-electron chi connectivity index (χ0n) is 11.5. The second-order valence-electron chi connectivity index (χ2n) is 5.07. The molecule has 21 heavy (non-hydrogen) atoms. The van der Waals surface area contributed by atoms with Crippen LogP contribution in [0.15, 0.2) is 18.2 Å². The van der Waals surface area contributed by atoms with Crippen molar-refractivity contribution in [2.45, 2.75) is 38.6 Å². The van der Waals surface area contributed by atoms with Gasteiger partial charge >= 0.3 is 12.1 Å². The number of hydrogen-bond acceptors (Lipinski definition) is 3. The van der Waals surface area contributed by atoms with Crippen LogP contribution in [0.5, 0.6) is 5.75 Å². The lowest BCUT2D eigenvalue weighted by Crippen LogP contribution is -2.38. The van der Waals surface area contributed by atoms with Crippen LogP contribution < -0.4 is 10.1 Å². The van der Waals surface area contributed by atoms with Crippen molar-refractivity contribution in [3.05, 3.63) is 29.3 Å². The lowest BCUT2D eigenvalue weighted by atomic mass is 10.1. The van der Waals surface area contributed by atoms with Crippen molar-refractivity contribution in [3.8, 4) is 5.75 Å². The minimum Gasteiger partial charge on any atom is -0.491 e. The number of benzene rings is 1. The molecule has 0 radical (unpaired) electrons. The maximum atomic E-state index is 12.3. The molecule has 0 spiro atoms. The Morgan fingerprint density at radius 3 is 2.62 bits per heavy atom. The Morgan fingerprint density at radius 1 is 1.38 bits per heavy atom. The van der Waals surface area contributed by atoms with Gasteiger partial charge in [-0.2, -0.15) is 13.2 Å². The van der Waals surface area contributed by atoms with Crippen molar-refractivity contribution in [1.82, 2.24) is 5.32 Å². The number of ether oxygens (including phenoxy) is 1. The number of rotatable bonds is 3. The molecule has 0 saturated heterocycles. The number of halogens is 3. The molecule has 1 aliphatic rings. The summed E-state index contributed by atoms with van der Waals surface area (Å²) >= 11 is 0. The van der Waals surface area contributed by atoms with E-state index in [1.807, 2.05) is 5.32 Å². The van der Waals surface area contributed by atoms with Gasteiger partial charge < -0.3 is 10.1 Å². The Labute approximate surface area is 119 Å². The van der Waals surface area contributed by atoms with Crippen LogP contribution in [0.4, 0.5) is 13.2 Å². The normalized spacial score (nSPS) is 17.8. The number of amides is 1. The maximum Gasteiger partial charge on any atom is 0.471 e. The van der Waals surface area contributed by atoms with Gasteiger partial charge in [0.25, 0.3) is 0 Å². The third kappa shape index (κ3) is 3.34. The summed E-state index contributed by atoms with van der Waals surface area (Å²) < 4.78 is 42.4. The lowest BCUT2D eigenvalue weighted by molar-refractivity contribution is -0.174. The van der Waals surface area contributed by atoms with Gasteiger partial charge in [-0.1, -0.05) is 0 Å². The smallest absolute Gasteiger partial charge is 0.471 e. The summed E-state index contributed by atoms with van der Waals surface area (Å²) in [7, 11) is 0. The van der Waals surface area contributed by atoms with Gasteiger partial charge in [0.05, 0.1) is 12.1 Å². The first-order valence-corrected chi connectivity index (χ1v) is 6.40. The van der Waals surface area contributed by atoms with Gasteiger partial charge in [0.2, 0.25) is 0 Å². The molecular weight excluding hydrogens is 287 g/mol. The standard InChI is InChI=1S/C14H14F3NO3/c1-7(2)21-8-3-4-9-10(5-8)11(6-12(9)19)18-13(20)14(15,16)17/h3-5,7,11H,6H2,1-2H3,(H,18,20). The zero-order valence-corrected chi connectivity index (χ0v) is 11.5. The van der Waals surface area contributed by atoms with Crippen molar-refractivity contribution in [2.24, 2.45) is 0 Å². The van der Waals surface area contributed by atoms with Crippen LogP contribution in [0, 0.1) is 0 Å². The van der Waals surface area contributed by atoms with Crippen LogP contribution in [0.2, 0.25) is 0 Å². The minimum absolute atomic E-state index is 0.108. The quantitative estimate of drug-likeness (QED) is 0.934. The van der Waals surface area contributed by atoms with E-state index in [1.54, 1.807) is 19.9 Å². The summed E-state index contributed by atoms with van der Waals surface area (Å²) in [4.78, 5) is 22.8. The van der Waals surface area contributed by atoms with E-state index in [9.17, 15) is 22.8 Å². The Morgan fingerprint density at radius 2 is 2.05 bits per heavy atom. The zero-order chi connectivity index (χ0) is 15.8. The molecule has 1 aromatic carbocycles. The molecule has 1 aliphatic carbocycles. The Kier molecular flexibility index (Phi) is 3.93. The van der Waals surface area contributed by atoms with E-state index in [0.29, 0.717) is 16.9 Å². The molecule has 0 aliphatic heterocycles. The second kappa shape index (κ2) is 5.38. The number of nitrogens with one attached hydrogen (secondary N) is 1. The largest absolute Gasteiger partial charge is 0.491 e. The van der Waals surface area contributed by atoms with Gasteiger partial charge in [-0.15, -0.1) is 0 Å². The first-order chi connectivity index (χ1) is 9.68. The second-order valence-corrected chi connectivity index (χ2v) is 5.07. The number of Topliss-reactive ketones (excluding diaryl/α,β-unsaturated/α-hetero) is 1. The number of hydrogen-bond donors (Lipinski definition) is 1. The number of alkyl halides is 3. The predicted molar refractivity (Wildman–Crippen MR) is 68.1 cm³/mol. The maximum absolute atomic E-state index is 12.3. The van der Waals surface area contributed by atoms with Gasteiger partial charge in [-0.05, 0) is 37.6 Å². The highest BCUT2D eigenvalue weighted by atomic mass is 19.4. The van der Waals surface area contributed by atoms with E-state index in [4.69, 9.17) is 4.74 Å². The molecule has 1 atom stereocenters. The van der Waals surface area contributed by atoms with Gasteiger partial charge in [-0.25, -0.2) is 0 Å². The summed E-state index contributed by atoms with van der Waals surface area (Å²) in [6.07, 6.45) is -5.26. The summed E-state index contributed by atoms with van der Waals surface area (Å²) in [6.45, 7) is 3.61. The summed E-state index contributed by atoms with van der Waals surface area (Å²) in [5.41, 5.74) is 0.675. The van der Waals surface area contributed by atoms with E-state index in [2.05, 4.69) is 0 Å². The van der Waals surface area contributed by atoms with E-state index >= 15 is 0 Å². The van der Waals surface area contributed by atoms with Crippen LogP contribution in [-0.4, -0.2) is 24.0 Å². The van der Waals surface area contributed by atoms with Crippen molar-refractivity contribution >= 4 is 11.7 Å². The molecule has 114 valence electrons. The summed E-state index contributed by atoms with van der Waals surface area (Å²) in [5.74, 6) is -1.90. The molecule has 7 heteroatoms. The predicted octanol–water partition coefficient (Wildman–Crippen LogP) is 2.78. The Balaban J connectivity index is 2.26. The molecule has 0 fully saturated rings. The number of fused-ring (bicyclic) bond motifs is 1. The molecule has 1 aromatic rings. The van der Waals surface area contributed by atoms with Crippen LogP contribution in [-0.2, 0) is 4.79 Å². The highest BCUT2D eigenvalue weighted by Gasteiger charge is 2.42. The molecule has 2 rings (SSSR count). The van der Waals surface area contributed by atoms with Gasteiger partial charge in [0, 0.05) is 12.0 Å². The van der Waals surface area contributed by atoms with Crippen LogP contribution in [0.25, 0.3) is 0 Å². The van der Waals surface area contributed by atoms with E-state index < -0.39 is 18.1 Å². The molecule has 4 nitrogen and oxygen atoms in total. The average molecular weight is 301 g/mol. The van der Waals surface area contributed by atoms with E-state index in [0.717, 1.165) is 0 Å².